The Morgan fingerprint density at radius 3 is 1.29 bits per heavy atom. The summed E-state index contributed by atoms with van der Waals surface area (Å²) < 4.78 is 4.39. The molecule has 3 saturated heterocycles. The minimum Gasteiger partial charge on any atom is -0.337 e. The minimum atomic E-state index is 0. The Bertz CT molecular complexity index is 3830. The molecule has 3 aliphatic carbocycles. The number of allylic oxidation sites excluding steroid dienone is 4. The van der Waals surface area contributed by atoms with Crippen LogP contribution in [-0.2, 0) is 13.1 Å². The van der Waals surface area contributed by atoms with Gasteiger partial charge in [0.2, 0.25) is 0 Å². The van der Waals surface area contributed by atoms with E-state index in [1.165, 1.54) is 123 Å². The zero-order valence-corrected chi connectivity index (χ0v) is 53.4. The van der Waals surface area contributed by atoms with E-state index in [4.69, 9.17) is 49.8 Å². The van der Waals surface area contributed by atoms with E-state index in [0.717, 1.165) is 91.5 Å². The van der Waals surface area contributed by atoms with Gasteiger partial charge in [-0.25, -0.2) is 9.97 Å². The van der Waals surface area contributed by atoms with Gasteiger partial charge >= 0.3 is 0 Å². The second-order valence-corrected chi connectivity index (χ2v) is 26.4. The predicted octanol–water partition coefficient (Wildman–Crippen LogP) is 18.5. The first-order chi connectivity index (χ1) is 42.3. The van der Waals surface area contributed by atoms with Crippen molar-refractivity contribution >= 4 is 69.8 Å². The van der Waals surface area contributed by atoms with Crippen LogP contribution in [0.15, 0.2) is 147 Å². The van der Waals surface area contributed by atoms with E-state index in [2.05, 4.69) is 160 Å². The van der Waals surface area contributed by atoms with Crippen molar-refractivity contribution in [3.63, 3.8) is 0 Å². The van der Waals surface area contributed by atoms with Crippen molar-refractivity contribution < 1.29 is 0 Å². The van der Waals surface area contributed by atoms with Gasteiger partial charge in [-0.3, -0.25) is 15.0 Å². The maximum atomic E-state index is 6.52. The Hall–Kier alpha value is -6.76. The third-order valence-electron chi connectivity index (χ3n) is 19.4. The van der Waals surface area contributed by atoms with Gasteiger partial charge in [-0.15, -0.1) is 0 Å². The van der Waals surface area contributed by atoms with Crippen LogP contribution in [0, 0.1) is 31.6 Å². The summed E-state index contributed by atoms with van der Waals surface area (Å²) in [5.41, 5.74) is 21.2. The molecule has 3 aromatic carbocycles. The quantitative estimate of drug-likeness (QED) is 0.134. The summed E-state index contributed by atoms with van der Waals surface area (Å²) in [4.78, 5) is 30.6. The highest BCUT2D eigenvalue weighted by atomic mass is 35.5. The van der Waals surface area contributed by atoms with E-state index in [1.54, 1.807) is 0 Å². The molecule has 472 valence electrons. The number of halogens is 3. The number of rotatable bonds is 10. The van der Waals surface area contributed by atoms with Gasteiger partial charge in [0.05, 0.1) is 35.4 Å². The first-order valence-corrected chi connectivity index (χ1v) is 32.5. The molecule has 0 amide bonds. The number of aromatic nitrogens is 7. The number of pyridine rings is 3. The maximum absolute atomic E-state index is 6.52. The molecule has 0 bridgehead atoms. The van der Waals surface area contributed by atoms with Crippen molar-refractivity contribution in [3.05, 3.63) is 241 Å². The lowest BCUT2D eigenvalue weighted by atomic mass is 9.76. The van der Waals surface area contributed by atoms with Crippen LogP contribution < -0.4 is 0 Å². The number of aryl methyl sites for hydroxylation is 4. The average molecular weight is 1270 g/mol. The van der Waals surface area contributed by atoms with Crippen LogP contribution in [0.25, 0.3) is 34.9 Å². The lowest BCUT2D eigenvalue weighted by molar-refractivity contribution is 0.206. The molecule has 90 heavy (non-hydrogen) atoms. The molecule has 3 aliphatic heterocycles. The van der Waals surface area contributed by atoms with E-state index >= 15 is 0 Å². The van der Waals surface area contributed by atoms with Crippen LogP contribution in [-0.4, -0.2) is 109 Å². The molecular weight excluding hydrogens is 1170 g/mol. The fraction of sp³-hybridized carbons (Fsp3) is 0.390. The lowest BCUT2D eigenvalue weighted by Gasteiger charge is -2.35. The molecule has 0 N–H and O–H groups in total. The van der Waals surface area contributed by atoms with Crippen LogP contribution in [0.4, 0.5) is 0 Å². The Morgan fingerprint density at radius 2 is 0.900 bits per heavy atom. The van der Waals surface area contributed by atoms with Crippen molar-refractivity contribution in [1.82, 2.24) is 48.8 Å². The SMILES string of the molecule is C.C.C.C=CC1=Cc2cccnc2C(C2CCN(C)CC2)c2ccc(Cl)cc21.Cc1cn(CCC2=Cc3cccnc3C(C3CCN(C)CC3)c3ccc(Cl)cc32)cn1.Cc1cncn1CCC1=Cc2cccnc2C(C2CCN(C)CC2)c2ccc(Cl)cc21. The van der Waals surface area contributed by atoms with Crippen molar-refractivity contribution in [2.75, 3.05) is 60.4 Å². The molecule has 8 heterocycles. The molecule has 5 aromatic heterocycles. The van der Waals surface area contributed by atoms with Gasteiger partial charge in [-0.1, -0.05) is 106 Å². The molecule has 0 spiro atoms. The first-order valence-electron chi connectivity index (χ1n) is 31.4. The largest absolute Gasteiger partial charge is 0.337 e. The molecule has 10 nitrogen and oxygen atoms in total. The molecule has 13 heteroatoms. The summed E-state index contributed by atoms with van der Waals surface area (Å²) in [6, 6.07) is 32.0. The predicted molar refractivity (Wildman–Crippen MR) is 380 cm³/mol. The Balaban J connectivity index is 0.000000158. The van der Waals surface area contributed by atoms with E-state index in [9.17, 15) is 0 Å². The number of likely N-dealkylation sites (tertiary alicyclic amines) is 3. The van der Waals surface area contributed by atoms with E-state index < -0.39 is 0 Å². The fourth-order valence-electron chi connectivity index (χ4n) is 14.7. The van der Waals surface area contributed by atoms with E-state index in [-0.39, 0.29) is 22.3 Å². The minimum absolute atomic E-state index is 0. The normalized spacial score (nSPS) is 19.2. The Labute approximate surface area is 552 Å². The van der Waals surface area contributed by atoms with Gasteiger partial charge in [0, 0.05) is 82.6 Å². The molecule has 14 rings (SSSR count). The van der Waals surface area contributed by atoms with Crippen molar-refractivity contribution in [1.29, 1.82) is 0 Å². The second-order valence-electron chi connectivity index (χ2n) is 25.1. The van der Waals surface area contributed by atoms with Gasteiger partial charge < -0.3 is 23.8 Å². The first kappa shape index (κ1) is 67.6. The Morgan fingerprint density at radius 1 is 0.500 bits per heavy atom. The van der Waals surface area contributed by atoms with Gasteiger partial charge in [0.1, 0.15) is 0 Å². The van der Waals surface area contributed by atoms with Crippen molar-refractivity contribution in [2.45, 2.75) is 118 Å². The number of hydrogen-bond acceptors (Lipinski definition) is 8. The number of benzene rings is 3. The van der Waals surface area contributed by atoms with Crippen LogP contribution in [0.2, 0.25) is 15.1 Å². The number of piperidine rings is 3. The molecule has 0 radical (unpaired) electrons. The number of hydrogen-bond donors (Lipinski definition) is 0. The molecular formula is C77H93Cl3N10. The summed E-state index contributed by atoms with van der Waals surface area (Å²) in [6.45, 7) is 16.8. The van der Waals surface area contributed by atoms with E-state index in [1.807, 2.05) is 74.7 Å². The van der Waals surface area contributed by atoms with Gasteiger partial charge in [-0.05, 0) is 283 Å². The lowest BCUT2D eigenvalue weighted by Crippen LogP contribution is -2.33. The fourth-order valence-corrected chi connectivity index (χ4v) is 15.2. The summed E-state index contributed by atoms with van der Waals surface area (Å²) in [6.07, 6.45) is 31.5. The molecule has 3 fully saturated rings. The third kappa shape index (κ3) is 15.1. The highest BCUT2D eigenvalue weighted by molar-refractivity contribution is 6.31. The smallest absolute Gasteiger partial charge is 0.0949 e. The Kier molecular flexibility index (Phi) is 23.0. The number of fused-ring (bicyclic) bond motifs is 6. The van der Waals surface area contributed by atoms with Gasteiger partial charge in [0.15, 0.2) is 0 Å². The third-order valence-corrected chi connectivity index (χ3v) is 20.1. The molecule has 8 aromatic rings. The van der Waals surface area contributed by atoms with Crippen LogP contribution in [0.1, 0.15) is 170 Å². The van der Waals surface area contributed by atoms with Gasteiger partial charge in [-0.2, -0.15) is 0 Å². The van der Waals surface area contributed by atoms with Crippen LogP contribution in [0.5, 0.6) is 0 Å². The topological polar surface area (TPSA) is 84.0 Å². The second kappa shape index (κ2) is 30.6. The van der Waals surface area contributed by atoms with Crippen LogP contribution in [0.3, 0.4) is 0 Å². The maximum Gasteiger partial charge on any atom is 0.0949 e. The number of imidazole rings is 2. The standard InChI is InChI=1S/2C26H29ClN4.C22H23ClN2.3CH4/c1-18-16-28-17-31(18)13-9-20-14-21-4-3-10-29-26(21)25(19-7-11-30(2)12-8-19)23-6-5-22(27)15-24(20)23;1-18-16-31(17-29-18)13-9-20-14-21-4-3-10-28-26(21)25(19-7-11-30(2)12-8-19)23-6-5-22(27)15-24(20)23;1-3-15-13-17-5-4-10-24-22(17)21(16-8-11-25(2)12-9-16)19-7-6-18(23)14-20(15)19;;;/h2*3-6,10,14-17,19,25H,7-9,11-13H2,1-2H3;3-7,10,13-14,16,21H,1,8-9,11-12H2,2H3;3*1H4. The van der Waals surface area contributed by atoms with Crippen molar-refractivity contribution in [2.24, 2.45) is 17.8 Å². The highest BCUT2D eigenvalue weighted by Crippen LogP contribution is 2.49. The number of nitrogens with zero attached hydrogens (tertiary/aromatic N) is 10. The highest BCUT2D eigenvalue weighted by Gasteiger charge is 2.37. The zero-order chi connectivity index (χ0) is 60.1. The molecule has 3 unspecified atom stereocenters. The molecule has 0 saturated carbocycles. The zero-order valence-electron chi connectivity index (χ0n) is 51.1. The summed E-state index contributed by atoms with van der Waals surface area (Å²) in [7, 11) is 6.66. The van der Waals surface area contributed by atoms with Crippen molar-refractivity contribution in [3.8, 4) is 0 Å². The molecule has 3 atom stereocenters. The average Bonchev–Trinajstić information content (AvgIpc) is 1.61. The molecule has 6 aliphatic rings. The van der Waals surface area contributed by atoms with Crippen LogP contribution >= 0.6 is 34.8 Å². The van der Waals surface area contributed by atoms with E-state index in [0.29, 0.717) is 35.5 Å². The van der Waals surface area contributed by atoms with Gasteiger partial charge in [0.25, 0.3) is 0 Å². The summed E-state index contributed by atoms with van der Waals surface area (Å²) in [5, 5.41) is 2.36. The monoisotopic (exact) mass is 1260 g/mol. The summed E-state index contributed by atoms with van der Waals surface area (Å²) >= 11 is 19.4. The summed E-state index contributed by atoms with van der Waals surface area (Å²) in [5.74, 6) is 2.71.